The average molecular weight is 403 g/mol. The highest BCUT2D eigenvalue weighted by Gasteiger charge is 2.57. The monoisotopic (exact) mass is 402 g/mol. The van der Waals surface area contributed by atoms with Crippen LogP contribution in [0.5, 0.6) is 0 Å². The molecule has 0 amide bonds. The molecule has 4 rings (SSSR count). The van der Waals surface area contributed by atoms with Crippen LogP contribution in [0.15, 0.2) is 11.6 Å². The maximum Gasteiger partial charge on any atom is 0 e. The second-order valence-corrected chi connectivity index (χ2v) is 13.0. The number of fused-ring (bicyclic) bond motifs is 5. The maximum absolute atomic E-state index is 2.76. The van der Waals surface area contributed by atoms with Gasteiger partial charge >= 0.3 is 0 Å². The van der Waals surface area contributed by atoms with Crippen LogP contribution in [0.1, 0.15) is 121 Å². The topological polar surface area (TPSA) is 0 Å². The van der Waals surface area contributed by atoms with Crippen molar-refractivity contribution < 1.29 is 2.85 Å². The quantitative estimate of drug-likeness (QED) is 0.401. The molecule has 0 nitrogen and oxygen atoms in total. The third kappa shape index (κ3) is 3.89. The van der Waals surface area contributed by atoms with Gasteiger partial charge in [0.05, 0.1) is 0 Å². The zero-order valence-electron chi connectivity index (χ0n) is 20.6. The van der Waals surface area contributed by atoms with E-state index in [0.717, 1.165) is 41.4 Å². The minimum absolute atomic E-state index is 0. The maximum atomic E-state index is 2.76. The van der Waals surface area contributed by atoms with E-state index < -0.39 is 0 Å². The Hall–Kier alpha value is -0.260. The fourth-order valence-electron chi connectivity index (χ4n) is 9.07. The van der Waals surface area contributed by atoms with E-state index in [1.165, 1.54) is 77.0 Å². The predicted octanol–water partition coefficient (Wildman–Crippen LogP) is 9.55. The van der Waals surface area contributed by atoms with Crippen molar-refractivity contribution in [2.24, 2.45) is 52.3 Å². The summed E-state index contributed by atoms with van der Waals surface area (Å²) in [7, 11) is 0. The van der Waals surface area contributed by atoms with Crippen molar-refractivity contribution >= 4 is 0 Å². The molecule has 0 N–H and O–H groups in total. The number of rotatable bonds is 5. The first-order valence-corrected chi connectivity index (χ1v) is 13.4. The molecule has 0 bridgehead atoms. The molecule has 0 radical (unpaired) electrons. The molecular weight excluding hydrogens is 348 g/mol. The Balaban J connectivity index is 0.00000171. The van der Waals surface area contributed by atoms with Gasteiger partial charge in [0.2, 0.25) is 0 Å². The van der Waals surface area contributed by atoms with E-state index in [1.54, 1.807) is 0 Å². The van der Waals surface area contributed by atoms with Gasteiger partial charge in [-0.25, -0.2) is 0 Å². The first-order valence-electron chi connectivity index (χ1n) is 13.4. The molecule has 4 aliphatic rings. The Kier molecular flexibility index (Phi) is 6.32. The van der Waals surface area contributed by atoms with Gasteiger partial charge in [-0.2, -0.15) is 0 Å². The lowest BCUT2D eigenvalue weighted by Gasteiger charge is -2.62. The van der Waals surface area contributed by atoms with Gasteiger partial charge in [-0.3, -0.25) is 0 Å². The molecule has 29 heavy (non-hydrogen) atoms. The number of hydrogen-bond donors (Lipinski definition) is 0. The van der Waals surface area contributed by atoms with Crippen molar-refractivity contribution in [1.29, 1.82) is 0 Å². The summed E-state index contributed by atoms with van der Waals surface area (Å²) < 4.78 is 0. The molecule has 0 spiro atoms. The molecule has 3 fully saturated rings. The van der Waals surface area contributed by atoms with E-state index in [1.807, 2.05) is 5.57 Å². The Morgan fingerprint density at radius 2 is 1.79 bits per heavy atom. The van der Waals surface area contributed by atoms with Gasteiger partial charge in [-0.1, -0.05) is 78.9 Å². The van der Waals surface area contributed by atoms with E-state index >= 15 is 0 Å². The molecule has 8 atom stereocenters. The summed E-state index contributed by atoms with van der Waals surface area (Å²) >= 11 is 0. The van der Waals surface area contributed by atoms with Crippen molar-refractivity contribution in [1.82, 2.24) is 0 Å². The SMILES string of the molecule is CC(C)CCC[C@@H](C)[C@H]1CCCC2[C@@H]3CC=C4C[C@@H](C)CC[C@]4(C)C3CC[C@@]21C.[HH].[HH]. The van der Waals surface area contributed by atoms with Crippen LogP contribution in [0.4, 0.5) is 0 Å². The average Bonchev–Trinajstić information content (AvgIpc) is 2.67. The lowest BCUT2D eigenvalue weighted by molar-refractivity contribution is -0.107. The van der Waals surface area contributed by atoms with Crippen molar-refractivity contribution in [3.8, 4) is 0 Å². The van der Waals surface area contributed by atoms with Gasteiger partial charge in [-0.15, -0.1) is 0 Å². The van der Waals surface area contributed by atoms with Crippen molar-refractivity contribution in [3.63, 3.8) is 0 Å². The molecule has 0 aromatic heterocycles. The molecule has 4 aliphatic carbocycles. The first kappa shape index (κ1) is 22.0. The van der Waals surface area contributed by atoms with Crippen LogP contribution in [-0.4, -0.2) is 0 Å². The largest absolute Gasteiger partial charge is 0.0845 e. The van der Waals surface area contributed by atoms with Crippen molar-refractivity contribution in [2.75, 3.05) is 0 Å². The molecule has 3 saturated carbocycles. The highest BCUT2D eigenvalue weighted by molar-refractivity contribution is 5.24. The highest BCUT2D eigenvalue weighted by atomic mass is 14.6. The molecule has 170 valence electrons. The summed E-state index contributed by atoms with van der Waals surface area (Å²) in [6, 6.07) is 0. The molecule has 0 aliphatic heterocycles. The van der Waals surface area contributed by atoms with E-state index in [9.17, 15) is 0 Å². The van der Waals surface area contributed by atoms with Crippen LogP contribution in [-0.2, 0) is 0 Å². The van der Waals surface area contributed by atoms with Crippen LogP contribution in [0.2, 0.25) is 0 Å². The molecule has 0 aromatic carbocycles. The molecule has 0 heteroatoms. The Labute approximate surface area is 185 Å². The molecule has 0 saturated heterocycles. The van der Waals surface area contributed by atoms with E-state index in [2.05, 4.69) is 47.6 Å². The zero-order chi connectivity index (χ0) is 20.8. The third-order valence-electron chi connectivity index (χ3n) is 10.8. The van der Waals surface area contributed by atoms with Crippen molar-refractivity contribution in [3.05, 3.63) is 11.6 Å². The Bertz CT molecular complexity index is 610. The fraction of sp³-hybridized carbons (Fsp3) is 0.931. The molecule has 0 heterocycles. The highest BCUT2D eigenvalue weighted by Crippen LogP contribution is 2.66. The lowest BCUT2D eigenvalue weighted by Crippen LogP contribution is -2.54. The Morgan fingerprint density at radius 3 is 2.55 bits per heavy atom. The lowest BCUT2D eigenvalue weighted by atomic mass is 9.42. The normalized spacial score (nSPS) is 45.8. The van der Waals surface area contributed by atoms with Crippen LogP contribution in [0.3, 0.4) is 0 Å². The molecular formula is C29H54. The smallest absolute Gasteiger partial charge is 0 e. The van der Waals surface area contributed by atoms with Crippen molar-refractivity contribution in [2.45, 2.75) is 119 Å². The zero-order valence-corrected chi connectivity index (χ0v) is 20.6. The van der Waals surface area contributed by atoms with Gasteiger partial charge in [0.15, 0.2) is 0 Å². The van der Waals surface area contributed by atoms with Crippen LogP contribution < -0.4 is 0 Å². The van der Waals surface area contributed by atoms with Crippen LogP contribution in [0.25, 0.3) is 0 Å². The van der Waals surface area contributed by atoms with Crippen LogP contribution >= 0.6 is 0 Å². The minimum atomic E-state index is 0. The van der Waals surface area contributed by atoms with E-state index in [0.29, 0.717) is 10.8 Å². The molecule has 0 aromatic rings. The van der Waals surface area contributed by atoms with Gasteiger partial charge in [0.1, 0.15) is 0 Å². The first-order chi connectivity index (χ1) is 13.8. The summed E-state index contributed by atoms with van der Waals surface area (Å²) in [5.41, 5.74) is 3.04. The summed E-state index contributed by atoms with van der Waals surface area (Å²) in [6.07, 6.45) is 20.5. The standard InChI is InChI=1S/C29H50.2H2/c1-20(2)9-7-10-22(4)25-11-8-12-26-24-14-13-23-19-21(3)15-17-28(23,5)27(24)16-18-29(25,26)6;;/h13,20-22,24-27H,7-12,14-19H2,1-6H3;2*1H/t21-,22+,24-,25+,26?,27?,28-,29+;;/m0../s1. The third-order valence-corrected chi connectivity index (χ3v) is 10.8. The van der Waals surface area contributed by atoms with Gasteiger partial charge in [-0.05, 0) is 104 Å². The predicted molar refractivity (Wildman–Crippen MR) is 131 cm³/mol. The second kappa shape index (κ2) is 8.35. The second-order valence-electron chi connectivity index (χ2n) is 13.0. The van der Waals surface area contributed by atoms with Crippen LogP contribution in [0, 0.1) is 52.3 Å². The Morgan fingerprint density at radius 1 is 1.00 bits per heavy atom. The fourth-order valence-corrected chi connectivity index (χ4v) is 9.07. The summed E-state index contributed by atoms with van der Waals surface area (Å²) in [6.45, 7) is 15.3. The van der Waals surface area contributed by atoms with E-state index in [-0.39, 0.29) is 2.85 Å². The summed E-state index contributed by atoms with van der Waals surface area (Å²) in [4.78, 5) is 0. The number of allylic oxidation sites excluding steroid dienone is 2. The summed E-state index contributed by atoms with van der Waals surface area (Å²) in [5.74, 6) is 6.68. The van der Waals surface area contributed by atoms with Gasteiger partial charge in [0, 0.05) is 2.85 Å². The molecule has 2 unspecified atom stereocenters. The number of hydrogen-bond acceptors (Lipinski definition) is 0. The summed E-state index contributed by atoms with van der Waals surface area (Å²) in [5, 5.41) is 0. The van der Waals surface area contributed by atoms with Gasteiger partial charge in [0.25, 0.3) is 0 Å². The van der Waals surface area contributed by atoms with E-state index in [4.69, 9.17) is 0 Å². The van der Waals surface area contributed by atoms with Gasteiger partial charge < -0.3 is 0 Å². The minimum Gasteiger partial charge on any atom is -0.0845 e.